The Balaban J connectivity index is 1.73. The highest BCUT2D eigenvalue weighted by atomic mass is 28.4. The zero-order valence-electron chi connectivity index (χ0n) is 31.9. The molecule has 1 aliphatic heterocycles. The van der Waals surface area contributed by atoms with Gasteiger partial charge in [0.05, 0.1) is 25.4 Å². The van der Waals surface area contributed by atoms with Crippen molar-refractivity contribution in [3.05, 3.63) is 53.7 Å². The van der Waals surface area contributed by atoms with Crippen molar-refractivity contribution in [3.8, 4) is 0 Å². The van der Waals surface area contributed by atoms with Gasteiger partial charge in [-0.2, -0.15) is 9.61 Å². The molecule has 49 heavy (non-hydrogen) atoms. The minimum Gasteiger partial charge on any atom is -0.444 e. The Kier molecular flexibility index (Phi) is 11.1. The minimum atomic E-state index is -2.07. The Bertz CT molecular complexity index is 1600. The van der Waals surface area contributed by atoms with Crippen LogP contribution >= 0.6 is 0 Å². The predicted octanol–water partition coefficient (Wildman–Crippen LogP) is 8.61. The lowest BCUT2D eigenvalue weighted by atomic mass is 10.1. The third kappa shape index (κ3) is 9.75. The second-order valence-corrected chi connectivity index (χ2v) is 21.8. The molecular weight excluding hydrogens is 637 g/mol. The van der Waals surface area contributed by atoms with E-state index in [1.807, 2.05) is 84.1 Å². The van der Waals surface area contributed by atoms with Crippen LogP contribution in [0.15, 0.2) is 42.6 Å². The zero-order chi connectivity index (χ0) is 36.5. The van der Waals surface area contributed by atoms with Crippen molar-refractivity contribution in [2.45, 2.75) is 136 Å². The molecule has 2 amide bonds. The van der Waals surface area contributed by atoms with E-state index in [0.29, 0.717) is 36.9 Å². The van der Waals surface area contributed by atoms with Crippen LogP contribution in [0, 0.1) is 0 Å². The first-order valence-corrected chi connectivity index (χ1v) is 20.3. The Labute approximate surface area is 293 Å². The van der Waals surface area contributed by atoms with Gasteiger partial charge in [0.1, 0.15) is 22.8 Å². The quantitative estimate of drug-likeness (QED) is 0.222. The van der Waals surface area contributed by atoms with Crippen molar-refractivity contribution in [2.24, 2.45) is 0 Å². The maximum atomic E-state index is 13.9. The van der Waals surface area contributed by atoms with Gasteiger partial charge in [-0.1, -0.05) is 65.0 Å². The van der Waals surface area contributed by atoms with E-state index < -0.39 is 25.6 Å². The number of hydrogen-bond donors (Lipinski definition) is 1. The summed E-state index contributed by atoms with van der Waals surface area (Å²) in [7, 11) is -2.07. The average Bonchev–Trinajstić information content (AvgIpc) is 3.57. The number of aromatic nitrogens is 3. The van der Waals surface area contributed by atoms with Crippen LogP contribution in [0.25, 0.3) is 5.65 Å². The van der Waals surface area contributed by atoms with E-state index in [9.17, 15) is 9.59 Å². The molecule has 2 aromatic heterocycles. The molecule has 3 aromatic rings. The Morgan fingerprint density at radius 2 is 1.63 bits per heavy atom. The molecule has 12 heteroatoms. The van der Waals surface area contributed by atoms with Gasteiger partial charge in [0, 0.05) is 24.2 Å². The monoisotopic (exact) mass is 694 g/mol. The van der Waals surface area contributed by atoms with Crippen molar-refractivity contribution in [3.63, 3.8) is 0 Å². The van der Waals surface area contributed by atoms with E-state index in [0.717, 1.165) is 11.1 Å². The summed E-state index contributed by atoms with van der Waals surface area (Å²) in [6.07, 6.45) is 1.61. The number of benzene rings is 1. The molecule has 3 heterocycles. The Hall–Kier alpha value is -3.64. The first-order valence-electron chi connectivity index (χ1n) is 17.4. The lowest BCUT2D eigenvalue weighted by molar-refractivity contribution is 0.0180. The summed E-state index contributed by atoms with van der Waals surface area (Å²) >= 11 is 0. The topological polar surface area (TPSA) is 111 Å². The van der Waals surface area contributed by atoms with Gasteiger partial charge in [-0.25, -0.2) is 14.6 Å². The number of nitrogens with zero attached hydrogens (tertiary/aromatic N) is 5. The van der Waals surface area contributed by atoms with Gasteiger partial charge in [0.25, 0.3) is 0 Å². The first-order chi connectivity index (χ1) is 22.5. The fourth-order valence-corrected chi connectivity index (χ4v) is 6.46. The number of amides is 2. The van der Waals surface area contributed by atoms with Crippen molar-refractivity contribution >= 4 is 37.8 Å². The summed E-state index contributed by atoms with van der Waals surface area (Å²) < 4.78 is 20.1. The van der Waals surface area contributed by atoms with Crippen molar-refractivity contribution < 1.29 is 23.5 Å². The highest BCUT2D eigenvalue weighted by Gasteiger charge is 2.42. The standard InChI is InChI=1S/C37H58N6O5Si/c1-25(2)29-21-38-43-31(42(34(45)48-36(6,7)8)22-26-17-15-14-16-18-26)20-30(40-32(29)43)39-27-19-28(24-46-49(12,13)37(9,10)11)41(23-27)33(44)47-35(3,4)5/h14-18,20-21,25,27-28H,19,22-24H2,1-13H3,(H,39,40)/t27-,28-/m0/s1. The molecule has 11 nitrogen and oxygen atoms in total. The van der Waals surface area contributed by atoms with Crippen LogP contribution in [0.1, 0.15) is 99.6 Å². The predicted molar refractivity (Wildman–Crippen MR) is 198 cm³/mol. The molecule has 0 bridgehead atoms. The van der Waals surface area contributed by atoms with Crippen LogP contribution in [-0.2, 0) is 20.4 Å². The molecule has 0 unspecified atom stereocenters. The van der Waals surface area contributed by atoms with Crippen LogP contribution < -0.4 is 10.2 Å². The summed E-state index contributed by atoms with van der Waals surface area (Å²) in [4.78, 5) is 35.8. The van der Waals surface area contributed by atoms with E-state index in [1.165, 1.54) is 0 Å². The SMILES string of the molecule is CC(C)c1cnn2c(N(Cc3ccccc3)C(=O)OC(C)(C)C)cc(N[C@H]3C[C@@H](CO[Si](C)(C)C(C)(C)C)N(C(=O)OC(C)(C)C)C3)nc12. The fourth-order valence-electron chi connectivity index (χ4n) is 5.41. The zero-order valence-corrected chi connectivity index (χ0v) is 32.9. The molecule has 2 atom stereocenters. The third-order valence-corrected chi connectivity index (χ3v) is 13.5. The van der Waals surface area contributed by atoms with E-state index in [4.69, 9.17) is 24.0 Å². The van der Waals surface area contributed by atoms with Gasteiger partial charge in [0.15, 0.2) is 14.0 Å². The number of hydrogen-bond acceptors (Lipinski definition) is 8. The number of carbonyl (C=O) groups is 2. The van der Waals surface area contributed by atoms with Crippen LogP contribution in [-0.4, -0.2) is 76.4 Å². The number of carbonyl (C=O) groups excluding carboxylic acids is 2. The normalized spacial score (nSPS) is 17.5. The number of likely N-dealkylation sites (tertiary alicyclic amines) is 1. The largest absolute Gasteiger partial charge is 0.444 e. The van der Waals surface area contributed by atoms with Crippen molar-refractivity contribution in [2.75, 3.05) is 23.4 Å². The average molecular weight is 695 g/mol. The van der Waals surface area contributed by atoms with Crippen LogP contribution in [0.3, 0.4) is 0 Å². The number of fused-ring (bicyclic) bond motifs is 1. The molecular formula is C37H58N6O5Si. The van der Waals surface area contributed by atoms with Gasteiger partial charge >= 0.3 is 12.2 Å². The second kappa shape index (κ2) is 14.3. The van der Waals surface area contributed by atoms with E-state index >= 15 is 0 Å². The smallest absolute Gasteiger partial charge is 0.416 e. The molecule has 1 saturated heterocycles. The van der Waals surface area contributed by atoms with E-state index in [-0.39, 0.29) is 35.7 Å². The lowest BCUT2D eigenvalue weighted by Crippen LogP contribution is -2.46. The Morgan fingerprint density at radius 3 is 2.20 bits per heavy atom. The molecule has 4 rings (SSSR count). The van der Waals surface area contributed by atoms with E-state index in [2.05, 4.69) is 53.0 Å². The molecule has 270 valence electrons. The summed E-state index contributed by atoms with van der Waals surface area (Å²) in [6.45, 7) is 27.6. The van der Waals surface area contributed by atoms with Crippen molar-refractivity contribution in [1.82, 2.24) is 19.5 Å². The van der Waals surface area contributed by atoms with Crippen LogP contribution in [0.2, 0.25) is 18.1 Å². The number of anilines is 2. The van der Waals surface area contributed by atoms with Gasteiger partial charge in [-0.05, 0) is 77.6 Å². The molecule has 0 radical (unpaired) electrons. The summed E-state index contributed by atoms with van der Waals surface area (Å²) in [6, 6.07) is 11.3. The van der Waals surface area contributed by atoms with E-state index in [1.54, 1.807) is 14.3 Å². The molecule has 0 saturated carbocycles. The molecule has 1 fully saturated rings. The third-order valence-electron chi connectivity index (χ3n) is 9.01. The molecule has 0 aliphatic carbocycles. The molecule has 1 aliphatic rings. The summed E-state index contributed by atoms with van der Waals surface area (Å²) in [5.41, 5.74) is 1.21. The highest BCUT2D eigenvalue weighted by molar-refractivity contribution is 6.74. The summed E-state index contributed by atoms with van der Waals surface area (Å²) in [5.74, 6) is 1.24. The number of ether oxygens (including phenoxy) is 2. The molecule has 1 N–H and O–H groups in total. The molecule has 1 aromatic carbocycles. The minimum absolute atomic E-state index is 0.0366. The van der Waals surface area contributed by atoms with Gasteiger partial charge in [-0.15, -0.1) is 0 Å². The van der Waals surface area contributed by atoms with Crippen molar-refractivity contribution in [1.29, 1.82) is 0 Å². The highest BCUT2D eigenvalue weighted by Crippen LogP contribution is 2.37. The van der Waals surface area contributed by atoms with Gasteiger partial charge in [0.2, 0.25) is 0 Å². The molecule has 0 spiro atoms. The summed E-state index contributed by atoms with van der Waals surface area (Å²) in [5, 5.41) is 8.35. The fraction of sp³-hybridized carbons (Fsp3) is 0.622. The maximum Gasteiger partial charge on any atom is 0.416 e. The second-order valence-electron chi connectivity index (χ2n) is 17.0. The number of rotatable bonds is 9. The first kappa shape index (κ1) is 38.2. The lowest BCUT2D eigenvalue weighted by Gasteiger charge is -2.38. The maximum absolute atomic E-state index is 13.9. The van der Waals surface area contributed by atoms with Gasteiger partial charge < -0.3 is 24.1 Å². The number of nitrogens with one attached hydrogen (secondary N) is 1. The Morgan fingerprint density at radius 1 is 1.00 bits per heavy atom. The van der Waals surface area contributed by atoms with Crippen LogP contribution in [0.5, 0.6) is 0 Å². The van der Waals surface area contributed by atoms with Gasteiger partial charge in [-0.3, -0.25) is 4.90 Å². The van der Waals surface area contributed by atoms with Crippen LogP contribution in [0.4, 0.5) is 21.2 Å².